The maximum atomic E-state index is 12.4. The number of halogens is 4. The van der Waals surface area contributed by atoms with Gasteiger partial charge in [0.25, 0.3) is 0 Å². The molecule has 1 aliphatic heterocycles. The molecule has 0 spiro atoms. The summed E-state index contributed by atoms with van der Waals surface area (Å²) in [6, 6.07) is 4.94. The van der Waals surface area contributed by atoms with Crippen LogP contribution in [-0.4, -0.2) is 24.2 Å². The van der Waals surface area contributed by atoms with E-state index in [2.05, 4.69) is 15.9 Å². The number of hydrogen-bond donors (Lipinski definition) is 0. The van der Waals surface area contributed by atoms with Crippen molar-refractivity contribution in [3.63, 3.8) is 0 Å². The van der Waals surface area contributed by atoms with Crippen LogP contribution in [0.1, 0.15) is 20.3 Å². The minimum atomic E-state index is -4.52. The smallest absolute Gasteiger partial charge is 0.397 e. The van der Waals surface area contributed by atoms with Gasteiger partial charge in [-0.25, -0.2) is 0 Å². The van der Waals surface area contributed by atoms with Gasteiger partial charge < -0.3 is 9.64 Å². The average Bonchev–Trinajstić information content (AvgIpc) is 2.26. The molecular formula is C13H13BrF3NO2. The minimum Gasteiger partial charge on any atom is -0.483 e. The van der Waals surface area contributed by atoms with E-state index in [0.29, 0.717) is 15.9 Å². The number of anilines is 1. The zero-order chi connectivity index (χ0) is 15.1. The largest absolute Gasteiger partial charge is 0.483 e. The van der Waals surface area contributed by atoms with Crippen LogP contribution in [0.3, 0.4) is 0 Å². The highest BCUT2D eigenvalue weighted by Gasteiger charge is 2.40. The van der Waals surface area contributed by atoms with Crippen LogP contribution in [0, 0.1) is 0 Å². The third-order valence-electron chi connectivity index (χ3n) is 2.81. The topological polar surface area (TPSA) is 29.5 Å². The number of hydrogen-bond acceptors (Lipinski definition) is 2. The van der Waals surface area contributed by atoms with Gasteiger partial charge >= 0.3 is 6.18 Å². The molecule has 1 aliphatic rings. The number of ether oxygens (including phenoxy) is 1. The molecule has 20 heavy (non-hydrogen) atoms. The lowest BCUT2D eigenvalue weighted by Crippen LogP contribution is -2.50. The molecule has 0 bridgehead atoms. The maximum absolute atomic E-state index is 12.4. The molecule has 1 aromatic rings. The molecular weight excluding hydrogens is 339 g/mol. The summed E-state index contributed by atoms with van der Waals surface area (Å²) in [7, 11) is 0. The van der Waals surface area contributed by atoms with E-state index in [9.17, 15) is 18.0 Å². The number of amides is 1. The quantitative estimate of drug-likeness (QED) is 0.767. The van der Waals surface area contributed by atoms with Crippen LogP contribution in [0.4, 0.5) is 18.9 Å². The van der Waals surface area contributed by atoms with Crippen LogP contribution >= 0.6 is 15.9 Å². The van der Waals surface area contributed by atoms with Crippen molar-refractivity contribution in [2.45, 2.75) is 32.0 Å². The Hall–Kier alpha value is -1.24. The number of carbonyl (C=O) groups is 1. The first-order chi connectivity index (χ1) is 9.09. The molecule has 3 nitrogen and oxygen atoms in total. The number of carbonyl (C=O) groups excluding carboxylic acids is 1. The van der Waals surface area contributed by atoms with Gasteiger partial charge in [0.2, 0.25) is 5.91 Å². The highest BCUT2D eigenvalue weighted by atomic mass is 79.9. The van der Waals surface area contributed by atoms with Gasteiger partial charge in [-0.3, -0.25) is 4.79 Å². The number of fused-ring (bicyclic) bond motifs is 1. The van der Waals surface area contributed by atoms with E-state index in [1.165, 1.54) is 0 Å². The normalized spacial score (nSPS) is 17.4. The lowest BCUT2D eigenvalue weighted by molar-refractivity contribution is -0.152. The number of nitrogens with zero attached hydrogens (tertiary/aromatic N) is 1. The molecule has 0 N–H and O–H groups in total. The fourth-order valence-corrected chi connectivity index (χ4v) is 2.51. The third kappa shape index (κ3) is 3.26. The van der Waals surface area contributed by atoms with Gasteiger partial charge in [0.15, 0.2) is 5.75 Å². The van der Waals surface area contributed by atoms with Gasteiger partial charge in [0.1, 0.15) is 12.0 Å². The van der Waals surface area contributed by atoms with E-state index >= 15 is 0 Å². The number of rotatable bonds is 1. The highest BCUT2D eigenvalue weighted by molar-refractivity contribution is 9.10. The fourth-order valence-electron chi connectivity index (χ4n) is 2.07. The van der Waals surface area contributed by atoms with Crippen LogP contribution in [0.15, 0.2) is 22.7 Å². The third-order valence-corrected chi connectivity index (χ3v) is 3.43. The number of benzene rings is 1. The van der Waals surface area contributed by atoms with E-state index < -0.39 is 24.1 Å². The van der Waals surface area contributed by atoms with Crippen LogP contribution < -0.4 is 9.64 Å². The average molecular weight is 352 g/mol. The van der Waals surface area contributed by atoms with E-state index in [1.807, 2.05) is 0 Å². The Kier molecular flexibility index (Phi) is 3.75. The first kappa shape index (κ1) is 15.2. The second-order valence-corrected chi connectivity index (χ2v) is 6.08. The van der Waals surface area contributed by atoms with Gasteiger partial charge in [0, 0.05) is 0 Å². The Bertz CT molecular complexity index is 543. The van der Waals surface area contributed by atoms with E-state index in [-0.39, 0.29) is 6.54 Å². The second kappa shape index (κ2) is 4.95. The molecule has 7 heteroatoms. The zero-order valence-corrected chi connectivity index (χ0v) is 12.5. The van der Waals surface area contributed by atoms with Crippen LogP contribution in [0.2, 0.25) is 0 Å². The van der Waals surface area contributed by atoms with E-state index in [0.717, 1.165) is 4.90 Å². The summed E-state index contributed by atoms with van der Waals surface area (Å²) in [4.78, 5) is 13.0. The lowest BCUT2D eigenvalue weighted by atomic mass is 10.0. The standard InChI is InChI=1S/C13H13BrF3NO2/c1-12(2)7-18(10(19)6-13(15,16)17)9-5-3-4-8(14)11(9)20-12/h3-5H,6-7H2,1-2H3. The predicted octanol–water partition coefficient (Wildman–Crippen LogP) is 3.91. The molecule has 0 fully saturated rings. The minimum absolute atomic E-state index is 0.0748. The molecule has 0 aromatic heterocycles. The molecule has 1 amide bonds. The summed E-state index contributed by atoms with van der Waals surface area (Å²) >= 11 is 3.29. The van der Waals surface area contributed by atoms with Crippen LogP contribution in [-0.2, 0) is 4.79 Å². The maximum Gasteiger partial charge on any atom is 0.397 e. The molecule has 1 aromatic carbocycles. The molecule has 0 saturated carbocycles. The predicted molar refractivity (Wildman–Crippen MR) is 71.9 cm³/mol. The van der Waals surface area contributed by atoms with Gasteiger partial charge in [-0.15, -0.1) is 0 Å². The summed E-state index contributed by atoms with van der Waals surface area (Å²) in [5.74, 6) is -0.590. The highest BCUT2D eigenvalue weighted by Crippen LogP contribution is 2.42. The monoisotopic (exact) mass is 351 g/mol. The second-order valence-electron chi connectivity index (χ2n) is 5.22. The summed E-state index contributed by atoms with van der Waals surface area (Å²) in [5.41, 5.74) is -0.397. The molecule has 0 atom stereocenters. The van der Waals surface area contributed by atoms with Gasteiger partial charge in [-0.1, -0.05) is 6.07 Å². The van der Waals surface area contributed by atoms with Crippen molar-refractivity contribution < 1.29 is 22.7 Å². The Morgan fingerprint density at radius 1 is 1.45 bits per heavy atom. The number of alkyl halides is 3. The van der Waals surface area contributed by atoms with Gasteiger partial charge in [-0.2, -0.15) is 13.2 Å². The fraction of sp³-hybridized carbons (Fsp3) is 0.462. The molecule has 2 rings (SSSR count). The zero-order valence-electron chi connectivity index (χ0n) is 10.9. The SMILES string of the molecule is CC1(C)CN(C(=O)CC(F)(F)F)c2cccc(Br)c2O1. The Labute approximate surface area is 122 Å². The van der Waals surface area contributed by atoms with Crippen LogP contribution in [0.25, 0.3) is 0 Å². The van der Waals surface area contributed by atoms with Crippen molar-refractivity contribution in [2.24, 2.45) is 0 Å². The first-order valence-electron chi connectivity index (χ1n) is 5.94. The molecule has 0 radical (unpaired) electrons. The number of para-hydroxylation sites is 1. The summed E-state index contributed by atoms with van der Waals surface area (Å²) in [6.45, 7) is 3.53. The Morgan fingerprint density at radius 3 is 2.70 bits per heavy atom. The van der Waals surface area contributed by atoms with Crippen molar-refractivity contribution in [3.8, 4) is 5.75 Å². The summed E-state index contributed by atoms with van der Waals surface area (Å²) in [6.07, 6.45) is -6.00. The molecule has 0 unspecified atom stereocenters. The van der Waals surface area contributed by atoms with Crippen molar-refractivity contribution in [1.29, 1.82) is 0 Å². The molecule has 0 saturated heterocycles. The molecule has 110 valence electrons. The van der Waals surface area contributed by atoms with Crippen molar-refractivity contribution >= 4 is 27.5 Å². The molecule has 0 aliphatic carbocycles. The molecule has 1 heterocycles. The van der Waals surface area contributed by atoms with Crippen molar-refractivity contribution in [1.82, 2.24) is 0 Å². The Balaban J connectivity index is 2.40. The van der Waals surface area contributed by atoms with E-state index in [1.54, 1.807) is 32.0 Å². The summed E-state index contributed by atoms with van der Waals surface area (Å²) < 4.78 is 43.6. The first-order valence-corrected chi connectivity index (χ1v) is 6.73. The lowest BCUT2D eigenvalue weighted by Gasteiger charge is -2.40. The van der Waals surface area contributed by atoms with Crippen molar-refractivity contribution in [3.05, 3.63) is 22.7 Å². The van der Waals surface area contributed by atoms with Crippen molar-refractivity contribution in [2.75, 3.05) is 11.4 Å². The van der Waals surface area contributed by atoms with Gasteiger partial charge in [0.05, 0.1) is 16.7 Å². The Morgan fingerprint density at radius 2 is 2.10 bits per heavy atom. The van der Waals surface area contributed by atoms with Crippen LogP contribution in [0.5, 0.6) is 5.75 Å². The van der Waals surface area contributed by atoms with Gasteiger partial charge in [-0.05, 0) is 41.9 Å². The summed E-state index contributed by atoms with van der Waals surface area (Å²) in [5, 5.41) is 0. The van der Waals surface area contributed by atoms with E-state index in [4.69, 9.17) is 4.74 Å².